The summed E-state index contributed by atoms with van der Waals surface area (Å²) in [7, 11) is 1.53. The van der Waals surface area contributed by atoms with E-state index < -0.39 is 105 Å². The third kappa shape index (κ3) is 6.92. The molecule has 2 saturated carbocycles. The molecule has 5 aliphatic rings. The maximum absolute atomic E-state index is 11.1. The summed E-state index contributed by atoms with van der Waals surface area (Å²) >= 11 is 0. The number of fused-ring (bicyclic) bond motifs is 1. The summed E-state index contributed by atoms with van der Waals surface area (Å²) in [5.41, 5.74) is 0. The Morgan fingerprint density at radius 3 is 2.16 bits per heavy atom. The van der Waals surface area contributed by atoms with Crippen LogP contribution in [0, 0.1) is 11.8 Å². The van der Waals surface area contributed by atoms with Crippen LogP contribution in [0.4, 0.5) is 0 Å². The highest BCUT2D eigenvalue weighted by Gasteiger charge is 2.56. The van der Waals surface area contributed by atoms with Gasteiger partial charge in [-0.2, -0.15) is 0 Å². The van der Waals surface area contributed by atoms with Gasteiger partial charge >= 0.3 is 0 Å². The molecule has 43 heavy (non-hydrogen) atoms. The molecular weight excluding hydrogens is 576 g/mol. The van der Waals surface area contributed by atoms with E-state index in [1.807, 2.05) is 0 Å². The van der Waals surface area contributed by atoms with E-state index in [9.17, 15) is 46.0 Å². The number of aliphatic hydroxyl groups excluding tert-OH is 9. The first kappa shape index (κ1) is 33.8. The zero-order chi connectivity index (χ0) is 31.2. The standard InChI is InChI=1S/C28H48O15/c1-10-20(33)22(35)24(37)27(39-10)43-26-23(36)21(34)19(9-29)42-28(26)41-18-8-13-15(32)6-12(30)7-16(13)40-25(18)11-3-4-14(31)17(5-11)38-2/h10-37H,3-9H2,1-2H3/p+1. The second-order valence-electron chi connectivity index (χ2n) is 12.9. The fraction of sp³-hybridized carbons (Fsp3) is 1.00. The van der Waals surface area contributed by atoms with Crippen molar-refractivity contribution in [2.75, 3.05) is 13.7 Å². The first-order valence-electron chi connectivity index (χ1n) is 15.3. The number of aliphatic hydroxyl groups is 11. The zero-order valence-electron chi connectivity index (χ0n) is 24.4. The smallest absolute Gasteiger partial charge is 0.187 e. The Hall–Kier alpha value is -0.600. The molecule has 0 spiro atoms. The van der Waals surface area contributed by atoms with Gasteiger partial charge in [0.05, 0.1) is 43.0 Å². The summed E-state index contributed by atoms with van der Waals surface area (Å²) < 4.78 is 34.4. The minimum Gasteiger partial charge on any atom is -0.427 e. The van der Waals surface area contributed by atoms with Gasteiger partial charge in [0, 0.05) is 25.9 Å². The molecule has 3 heterocycles. The van der Waals surface area contributed by atoms with Crippen LogP contribution >= 0.6 is 0 Å². The van der Waals surface area contributed by atoms with Gasteiger partial charge in [0.15, 0.2) is 24.8 Å². The van der Waals surface area contributed by atoms with Crippen LogP contribution in [0.3, 0.4) is 0 Å². The van der Waals surface area contributed by atoms with Gasteiger partial charge in [-0.25, -0.2) is 0 Å². The van der Waals surface area contributed by atoms with Crippen molar-refractivity contribution in [2.24, 2.45) is 11.8 Å². The van der Waals surface area contributed by atoms with Crippen molar-refractivity contribution in [3.63, 3.8) is 0 Å². The van der Waals surface area contributed by atoms with E-state index in [0.29, 0.717) is 32.1 Å². The Balaban J connectivity index is 1.40. The summed E-state index contributed by atoms with van der Waals surface area (Å²) in [4.78, 5) is 0. The van der Waals surface area contributed by atoms with Crippen LogP contribution in [0.2, 0.25) is 0 Å². The SMILES string of the molecule is COC1CC(C2[OH+]C3CC(O)CC(O)C3CC2OC2OC(CO)C(O)C(O)C2OC2OC(C)C(O)C(O)C2O)CCC1O. The minimum atomic E-state index is -1.70. The van der Waals surface area contributed by atoms with Crippen LogP contribution in [-0.4, -0.2) is 169 Å². The third-order valence-corrected chi connectivity index (χ3v) is 10.1. The average molecular weight is 626 g/mol. The highest BCUT2D eigenvalue weighted by molar-refractivity contribution is 4.99. The van der Waals surface area contributed by atoms with E-state index in [4.69, 9.17) is 28.4 Å². The van der Waals surface area contributed by atoms with Gasteiger partial charge in [-0.3, -0.25) is 0 Å². The molecule has 0 aromatic carbocycles. The van der Waals surface area contributed by atoms with Crippen LogP contribution < -0.4 is 0 Å². The molecule has 19 unspecified atom stereocenters. The Morgan fingerprint density at radius 2 is 1.47 bits per heavy atom. The van der Waals surface area contributed by atoms with Crippen molar-refractivity contribution in [3.05, 3.63) is 0 Å². The van der Waals surface area contributed by atoms with Gasteiger partial charge in [0.25, 0.3) is 0 Å². The lowest BCUT2D eigenvalue weighted by Gasteiger charge is -2.49. The molecule has 250 valence electrons. The Morgan fingerprint density at radius 1 is 0.721 bits per heavy atom. The number of ether oxygens (including phenoxy) is 6. The number of methoxy groups -OCH3 is 1. The predicted octanol–water partition coefficient (Wildman–Crippen LogP) is -4.00. The lowest BCUT2D eigenvalue weighted by molar-refractivity contribution is -0.385. The molecule has 19 atom stereocenters. The van der Waals surface area contributed by atoms with Crippen LogP contribution in [-0.2, 0) is 23.7 Å². The molecule has 0 radical (unpaired) electrons. The van der Waals surface area contributed by atoms with Crippen molar-refractivity contribution < 1.29 is 74.4 Å². The molecule has 2 aliphatic carbocycles. The number of rotatable bonds is 7. The van der Waals surface area contributed by atoms with Crippen molar-refractivity contribution >= 4 is 0 Å². The first-order chi connectivity index (χ1) is 20.4. The molecule has 5 rings (SSSR count). The summed E-state index contributed by atoms with van der Waals surface area (Å²) in [6, 6.07) is 0. The van der Waals surface area contributed by atoms with Gasteiger partial charge in [-0.1, -0.05) is 0 Å². The second kappa shape index (κ2) is 14.0. The summed E-state index contributed by atoms with van der Waals surface area (Å²) in [5.74, 6) is -0.422. The summed E-state index contributed by atoms with van der Waals surface area (Å²) in [6.45, 7) is 0.824. The van der Waals surface area contributed by atoms with Gasteiger partial charge in [0.1, 0.15) is 48.8 Å². The summed E-state index contributed by atoms with van der Waals surface area (Å²) in [5, 5.41) is 94.1. The second-order valence-corrected chi connectivity index (χ2v) is 12.9. The molecule has 0 aromatic heterocycles. The van der Waals surface area contributed by atoms with Gasteiger partial charge in [0.2, 0.25) is 0 Å². The van der Waals surface area contributed by atoms with Crippen molar-refractivity contribution in [2.45, 2.75) is 150 Å². The molecule has 0 aromatic rings. The highest BCUT2D eigenvalue weighted by atomic mass is 16.8. The maximum Gasteiger partial charge on any atom is 0.187 e. The molecule has 0 bridgehead atoms. The van der Waals surface area contributed by atoms with Crippen molar-refractivity contribution in [1.82, 2.24) is 0 Å². The topological polar surface area (TPSA) is 241 Å². The van der Waals surface area contributed by atoms with Crippen LogP contribution in [0.25, 0.3) is 0 Å². The highest BCUT2D eigenvalue weighted by Crippen LogP contribution is 2.43. The zero-order valence-corrected chi connectivity index (χ0v) is 24.4. The molecule has 5 fully saturated rings. The van der Waals surface area contributed by atoms with E-state index in [2.05, 4.69) is 0 Å². The molecule has 15 nitrogen and oxygen atoms in total. The monoisotopic (exact) mass is 625 g/mol. The fourth-order valence-electron chi connectivity index (χ4n) is 7.50. The van der Waals surface area contributed by atoms with Crippen molar-refractivity contribution in [1.29, 1.82) is 0 Å². The maximum atomic E-state index is 11.1. The van der Waals surface area contributed by atoms with Gasteiger partial charge < -0.3 is 74.4 Å². The van der Waals surface area contributed by atoms with Crippen LogP contribution in [0.5, 0.6) is 0 Å². The molecule has 0 amide bonds. The van der Waals surface area contributed by atoms with Gasteiger partial charge in [-0.05, 0) is 32.6 Å². The van der Waals surface area contributed by atoms with E-state index in [1.165, 1.54) is 14.0 Å². The van der Waals surface area contributed by atoms with E-state index in [-0.39, 0.29) is 24.4 Å². The van der Waals surface area contributed by atoms with Crippen LogP contribution in [0.15, 0.2) is 0 Å². The van der Waals surface area contributed by atoms with E-state index in [0.717, 1.165) is 0 Å². The lowest BCUT2D eigenvalue weighted by atomic mass is 9.72. The Kier molecular flexibility index (Phi) is 11.0. The molecular formula is C28H49O15+. The molecule has 10 N–H and O–H groups in total. The van der Waals surface area contributed by atoms with Crippen molar-refractivity contribution in [3.8, 4) is 0 Å². The fourth-order valence-corrected chi connectivity index (χ4v) is 7.50. The molecule has 15 heteroatoms. The molecule has 3 aliphatic heterocycles. The van der Waals surface area contributed by atoms with E-state index in [1.54, 1.807) is 0 Å². The summed E-state index contributed by atoms with van der Waals surface area (Å²) in [6.07, 6.45) is -16.1. The Bertz CT molecular complexity index is 898. The third-order valence-electron chi connectivity index (χ3n) is 10.1. The Labute approximate surface area is 249 Å². The predicted molar refractivity (Wildman–Crippen MR) is 143 cm³/mol. The first-order valence-corrected chi connectivity index (χ1v) is 15.3. The normalized spacial score (nSPS) is 54.6. The van der Waals surface area contributed by atoms with E-state index >= 15 is 0 Å². The number of hydrogen-bond donors (Lipinski definition) is 9. The van der Waals surface area contributed by atoms with Crippen LogP contribution in [0.1, 0.15) is 45.4 Å². The quantitative estimate of drug-likeness (QED) is 0.123. The molecule has 3 saturated heterocycles. The number of hydrogen-bond acceptors (Lipinski definition) is 14. The average Bonchev–Trinajstić information content (AvgIpc) is 2.98. The minimum absolute atomic E-state index is 0.0939. The van der Waals surface area contributed by atoms with Gasteiger partial charge in [-0.15, -0.1) is 0 Å². The largest absolute Gasteiger partial charge is 0.427 e. The lowest BCUT2D eigenvalue weighted by Crippen LogP contribution is -2.65.